The Hall–Kier alpha value is -1.13. The topological polar surface area (TPSA) is 33.5 Å². The lowest BCUT2D eigenvalue weighted by Crippen LogP contribution is -2.21. The number of rotatable bonds is 3. The third-order valence-electron chi connectivity index (χ3n) is 2.25. The highest BCUT2D eigenvalue weighted by Gasteiger charge is 2.18. The molecular weight excluding hydrogens is 270 g/mol. The average Bonchev–Trinajstić information content (AvgIpc) is 2.56. The summed E-state index contributed by atoms with van der Waals surface area (Å²) in [6.07, 6.45) is 0. The van der Waals surface area contributed by atoms with E-state index in [0.717, 1.165) is 15.4 Å². The van der Waals surface area contributed by atoms with Crippen LogP contribution in [0.3, 0.4) is 0 Å². The van der Waals surface area contributed by atoms with E-state index in [-0.39, 0.29) is 5.78 Å². The van der Waals surface area contributed by atoms with Gasteiger partial charge >= 0.3 is 0 Å². The molecule has 84 valence electrons. The van der Waals surface area contributed by atoms with E-state index in [4.69, 9.17) is 4.42 Å². The van der Waals surface area contributed by atoms with E-state index in [0.29, 0.717) is 12.3 Å². The highest BCUT2D eigenvalue weighted by atomic mass is 79.9. The van der Waals surface area contributed by atoms with Crippen molar-refractivity contribution in [2.24, 2.45) is 0 Å². The van der Waals surface area contributed by atoms with Crippen LogP contribution >= 0.6 is 15.9 Å². The molecule has 0 saturated heterocycles. The lowest BCUT2D eigenvalue weighted by atomic mass is 10.2. The Bertz CT molecular complexity index is 531. The normalized spacial score (nSPS) is 11.2. The number of carbonyl (C=O) groups excluding carboxylic acids is 1. The van der Waals surface area contributed by atoms with Crippen LogP contribution in [0, 0.1) is 0 Å². The minimum atomic E-state index is -0.0203. The van der Waals surface area contributed by atoms with Crippen LogP contribution < -0.4 is 0 Å². The number of fused-ring (bicyclic) bond motifs is 1. The van der Waals surface area contributed by atoms with Crippen molar-refractivity contribution >= 4 is 32.7 Å². The fourth-order valence-corrected chi connectivity index (χ4v) is 2.18. The first kappa shape index (κ1) is 11.4. The van der Waals surface area contributed by atoms with Gasteiger partial charge in [0.1, 0.15) is 5.58 Å². The number of hydrogen-bond acceptors (Lipinski definition) is 3. The van der Waals surface area contributed by atoms with E-state index >= 15 is 0 Å². The number of hydrogen-bond donors (Lipinski definition) is 0. The molecule has 4 heteroatoms. The molecule has 0 N–H and O–H groups in total. The van der Waals surface area contributed by atoms with Gasteiger partial charge in [0.05, 0.1) is 11.0 Å². The summed E-state index contributed by atoms with van der Waals surface area (Å²) in [6, 6.07) is 7.59. The van der Waals surface area contributed by atoms with Gasteiger partial charge in [-0.2, -0.15) is 0 Å². The van der Waals surface area contributed by atoms with E-state index in [1.165, 1.54) is 0 Å². The zero-order valence-corrected chi connectivity index (χ0v) is 10.7. The maximum absolute atomic E-state index is 11.9. The molecule has 1 aromatic heterocycles. The lowest BCUT2D eigenvalue weighted by Gasteiger charge is -2.06. The SMILES string of the molecule is CN(C)CC(=O)c1oc2ccccc2c1Br. The number of Topliss-reactive ketones (excluding diaryl/α,β-unsaturated/α-hetero) is 1. The van der Waals surface area contributed by atoms with E-state index < -0.39 is 0 Å². The summed E-state index contributed by atoms with van der Waals surface area (Å²) in [6.45, 7) is 0.346. The fraction of sp³-hybridized carbons (Fsp3) is 0.250. The molecule has 0 unspecified atom stereocenters. The predicted molar refractivity (Wildman–Crippen MR) is 66.8 cm³/mol. The summed E-state index contributed by atoms with van der Waals surface area (Å²) >= 11 is 3.41. The van der Waals surface area contributed by atoms with Gasteiger partial charge in [0.15, 0.2) is 5.76 Å². The largest absolute Gasteiger partial charge is 0.452 e. The third kappa shape index (κ3) is 2.03. The molecule has 0 aliphatic carbocycles. The highest BCUT2D eigenvalue weighted by molar-refractivity contribution is 9.10. The monoisotopic (exact) mass is 281 g/mol. The molecule has 16 heavy (non-hydrogen) atoms. The van der Waals surface area contributed by atoms with Gasteiger partial charge in [0, 0.05) is 5.39 Å². The van der Waals surface area contributed by atoms with Gasteiger partial charge in [-0.3, -0.25) is 4.79 Å². The number of carbonyl (C=O) groups is 1. The Balaban J connectivity index is 2.45. The van der Waals surface area contributed by atoms with Gasteiger partial charge < -0.3 is 9.32 Å². The molecule has 0 bridgehead atoms. The van der Waals surface area contributed by atoms with Crippen LogP contribution in [0.15, 0.2) is 33.2 Å². The summed E-state index contributed by atoms with van der Waals surface area (Å²) in [5.41, 5.74) is 0.733. The number of nitrogens with zero attached hydrogens (tertiary/aromatic N) is 1. The first-order valence-corrected chi connectivity index (χ1v) is 5.74. The van der Waals surface area contributed by atoms with Crippen LogP contribution in [-0.2, 0) is 0 Å². The quantitative estimate of drug-likeness (QED) is 0.811. The highest BCUT2D eigenvalue weighted by Crippen LogP contribution is 2.30. The standard InChI is InChI=1S/C12H12BrNO2/c1-14(2)7-9(15)12-11(13)8-5-3-4-6-10(8)16-12/h3-6H,7H2,1-2H3. The molecular formula is C12H12BrNO2. The van der Waals surface area contributed by atoms with Crippen molar-refractivity contribution in [3.63, 3.8) is 0 Å². The Kier molecular flexibility index (Phi) is 3.12. The molecule has 0 spiro atoms. The molecule has 0 aliphatic rings. The molecule has 0 fully saturated rings. The van der Waals surface area contributed by atoms with Crippen molar-refractivity contribution in [1.82, 2.24) is 4.90 Å². The van der Waals surface area contributed by atoms with Crippen molar-refractivity contribution in [3.05, 3.63) is 34.5 Å². The number of furan rings is 1. The second-order valence-corrected chi connectivity index (χ2v) is 4.70. The van der Waals surface area contributed by atoms with Crippen molar-refractivity contribution in [3.8, 4) is 0 Å². The molecule has 1 aromatic carbocycles. The van der Waals surface area contributed by atoms with Crippen LogP contribution in [0.25, 0.3) is 11.0 Å². The Labute approximate surface area is 102 Å². The number of para-hydroxylation sites is 1. The fourth-order valence-electron chi connectivity index (χ4n) is 1.55. The molecule has 0 saturated carbocycles. The number of ketones is 1. The molecule has 0 amide bonds. The third-order valence-corrected chi connectivity index (χ3v) is 3.04. The van der Waals surface area contributed by atoms with Gasteiger partial charge in [-0.05, 0) is 42.2 Å². The Morgan fingerprint density at radius 3 is 2.69 bits per heavy atom. The molecule has 0 atom stereocenters. The zero-order valence-electron chi connectivity index (χ0n) is 9.16. The smallest absolute Gasteiger partial charge is 0.213 e. The van der Waals surface area contributed by atoms with Crippen molar-refractivity contribution in [2.45, 2.75) is 0 Å². The van der Waals surface area contributed by atoms with Gasteiger partial charge in [0.25, 0.3) is 0 Å². The Morgan fingerprint density at radius 1 is 1.38 bits per heavy atom. The minimum absolute atomic E-state index is 0.0203. The molecule has 0 radical (unpaired) electrons. The predicted octanol–water partition coefficient (Wildman–Crippen LogP) is 2.94. The van der Waals surface area contributed by atoms with Crippen LogP contribution in [0.2, 0.25) is 0 Å². The Morgan fingerprint density at radius 2 is 2.06 bits per heavy atom. The zero-order chi connectivity index (χ0) is 11.7. The van der Waals surface area contributed by atoms with Crippen LogP contribution in [0.5, 0.6) is 0 Å². The van der Waals surface area contributed by atoms with Crippen molar-refractivity contribution < 1.29 is 9.21 Å². The maximum atomic E-state index is 11.9. The van der Waals surface area contributed by atoms with E-state index in [9.17, 15) is 4.79 Å². The van der Waals surface area contributed by atoms with Crippen molar-refractivity contribution in [1.29, 1.82) is 0 Å². The van der Waals surface area contributed by atoms with Gasteiger partial charge in [0.2, 0.25) is 5.78 Å². The number of halogens is 1. The summed E-state index contributed by atoms with van der Waals surface area (Å²) < 4.78 is 6.28. The average molecular weight is 282 g/mol. The molecule has 2 aromatic rings. The van der Waals surface area contributed by atoms with Crippen LogP contribution in [-0.4, -0.2) is 31.3 Å². The summed E-state index contributed by atoms with van der Waals surface area (Å²) in [4.78, 5) is 13.7. The molecule has 3 nitrogen and oxygen atoms in total. The molecule has 0 aliphatic heterocycles. The van der Waals surface area contributed by atoms with Crippen LogP contribution in [0.1, 0.15) is 10.6 Å². The summed E-state index contributed by atoms with van der Waals surface area (Å²) in [5, 5.41) is 0.935. The van der Waals surface area contributed by atoms with Gasteiger partial charge in [-0.25, -0.2) is 0 Å². The lowest BCUT2D eigenvalue weighted by molar-refractivity contribution is 0.0931. The second-order valence-electron chi connectivity index (χ2n) is 3.90. The van der Waals surface area contributed by atoms with E-state index in [1.807, 2.05) is 43.3 Å². The van der Waals surface area contributed by atoms with Gasteiger partial charge in [-0.1, -0.05) is 12.1 Å². The number of benzene rings is 1. The summed E-state index contributed by atoms with van der Waals surface area (Å²) in [5.74, 6) is 0.378. The van der Waals surface area contributed by atoms with E-state index in [2.05, 4.69) is 15.9 Å². The molecule has 2 rings (SSSR count). The number of likely N-dealkylation sites (N-methyl/N-ethyl adjacent to an activating group) is 1. The first-order chi connectivity index (χ1) is 7.59. The van der Waals surface area contributed by atoms with Crippen molar-refractivity contribution in [2.75, 3.05) is 20.6 Å². The van der Waals surface area contributed by atoms with Gasteiger partial charge in [-0.15, -0.1) is 0 Å². The van der Waals surface area contributed by atoms with Crippen LogP contribution in [0.4, 0.5) is 0 Å². The van der Waals surface area contributed by atoms with E-state index in [1.54, 1.807) is 0 Å². The first-order valence-electron chi connectivity index (χ1n) is 4.94. The minimum Gasteiger partial charge on any atom is -0.452 e. The summed E-state index contributed by atoms with van der Waals surface area (Å²) in [7, 11) is 3.71. The molecule has 1 heterocycles. The maximum Gasteiger partial charge on any atom is 0.213 e. The second kappa shape index (κ2) is 4.39.